The van der Waals surface area contributed by atoms with Gasteiger partial charge in [0.2, 0.25) is 11.8 Å². The standard InChI is InChI=1S/C14H14N2O3S/c1-18-10-4-2-3-9(5-10)12-7-14(19-15-12)16-8-11(20)6-13(16)17/h2-5,7,11,20H,6,8H2,1H3. The molecule has 0 radical (unpaired) electrons. The summed E-state index contributed by atoms with van der Waals surface area (Å²) in [6, 6.07) is 9.29. The molecule has 0 saturated carbocycles. The lowest BCUT2D eigenvalue weighted by molar-refractivity contribution is -0.117. The molecule has 0 bridgehead atoms. The van der Waals surface area contributed by atoms with E-state index in [-0.39, 0.29) is 11.2 Å². The van der Waals surface area contributed by atoms with E-state index < -0.39 is 0 Å². The third-order valence-electron chi connectivity index (χ3n) is 3.23. The number of hydrogen-bond donors (Lipinski definition) is 1. The van der Waals surface area contributed by atoms with Crippen molar-refractivity contribution in [2.45, 2.75) is 11.7 Å². The van der Waals surface area contributed by atoms with Gasteiger partial charge in [0.25, 0.3) is 0 Å². The van der Waals surface area contributed by atoms with Gasteiger partial charge in [0.15, 0.2) is 0 Å². The van der Waals surface area contributed by atoms with Crippen LogP contribution in [-0.4, -0.2) is 30.0 Å². The summed E-state index contributed by atoms with van der Waals surface area (Å²) in [5.41, 5.74) is 1.56. The highest BCUT2D eigenvalue weighted by Gasteiger charge is 2.30. The minimum Gasteiger partial charge on any atom is -0.497 e. The molecule has 5 nitrogen and oxygen atoms in total. The van der Waals surface area contributed by atoms with E-state index in [0.29, 0.717) is 24.5 Å². The van der Waals surface area contributed by atoms with Crippen LogP contribution in [0, 0.1) is 0 Å². The lowest BCUT2D eigenvalue weighted by atomic mass is 10.1. The van der Waals surface area contributed by atoms with E-state index in [1.54, 1.807) is 18.1 Å². The number of carbonyl (C=O) groups is 1. The van der Waals surface area contributed by atoms with Crippen molar-refractivity contribution in [2.24, 2.45) is 0 Å². The monoisotopic (exact) mass is 290 g/mol. The van der Waals surface area contributed by atoms with E-state index in [1.165, 1.54) is 0 Å². The number of methoxy groups -OCH3 is 1. The summed E-state index contributed by atoms with van der Waals surface area (Å²) >= 11 is 4.32. The van der Waals surface area contributed by atoms with Gasteiger partial charge in [-0.25, -0.2) is 0 Å². The van der Waals surface area contributed by atoms with Gasteiger partial charge < -0.3 is 9.26 Å². The number of thiol groups is 1. The zero-order chi connectivity index (χ0) is 14.1. The van der Waals surface area contributed by atoms with Gasteiger partial charge >= 0.3 is 0 Å². The molecule has 1 saturated heterocycles. The SMILES string of the molecule is COc1cccc(-c2cc(N3CC(S)CC3=O)on2)c1. The first-order chi connectivity index (χ1) is 9.67. The fourth-order valence-electron chi connectivity index (χ4n) is 2.21. The molecule has 1 aliphatic rings. The molecule has 2 heterocycles. The van der Waals surface area contributed by atoms with Gasteiger partial charge in [-0.2, -0.15) is 12.6 Å². The van der Waals surface area contributed by atoms with Crippen LogP contribution in [0.1, 0.15) is 6.42 Å². The Kier molecular flexibility index (Phi) is 3.40. The Morgan fingerprint density at radius 3 is 3.00 bits per heavy atom. The Hall–Kier alpha value is -1.95. The number of anilines is 1. The molecule has 1 aromatic carbocycles. The molecule has 0 spiro atoms. The Bertz CT molecular complexity index is 641. The molecule has 1 aromatic heterocycles. The number of ether oxygens (including phenoxy) is 1. The van der Waals surface area contributed by atoms with Gasteiger partial charge in [-0.3, -0.25) is 9.69 Å². The molecule has 1 unspecified atom stereocenters. The van der Waals surface area contributed by atoms with Crippen LogP contribution in [0.2, 0.25) is 0 Å². The maximum Gasteiger partial charge on any atom is 0.234 e. The molecule has 1 atom stereocenters. The molecule has 104 valence electrons. The zero-order valence-electron chi connectivity index (χ0n) is 10.9. The predicted octanol–water partition coefficient (Wildman–Crippen LogP) is 2.39. The van der Waals surface area contributed by atoms with Crippen molar-refractivity contribution in [1.29, 1.82) is 0 Å². The molecular weight excluding hydrogens is 276 g/mol. The fraction of sp³-hybridized carbons (Fsp3) is 0.286. The summed E-state index contributed by atoms with van der Waals surface area (Å²) in [4.78, 5) is 13.4. The van der Waals surface area contributed by atoms with E-state index in [9.17, 15) is 4.79 Å². The van der Waals surface area contributed by atoms with Crippen molar-refractivity contribution >= 4 is 24.4 Å². The molecular formula is C14H14N2O3S. The van der Waals surface area contributed by atoms with Crippen molar-refractivity contribution in [3.8, 4) is 17.0 Å². The lowest BCUT2D eigenvalue weighted by Crippen LogP contribution is -2.23. The number of amides is 1. The molecule has 1 fully saturated rings. The number of carbonyl (C=O) groups excluding carboxylic acids is 1. The minimum atomic E-state index is 0.0124. The molecule has 1 aliphatic heterocycles. The fourth-order valence-corrected chi connectivity index (χ4v) is 2.53. The lowest BCUT2D eigenvalue weighted by Gasteiger charge is -2.09. The summed E-state index contributed by atoms with van der Waals surface area (Å²) in [7, 11) is 1.61. The van der Waals surface area contributed by atoms with Gasteiger partial charge in [0.05, 0.1) is 7.11 Å². The van der Waals surface area contributed by atoms with Crippen LogP contribution < -0.4 is 9.64 Å². The highest BCUT2D eigenvalue weighted by atomic mass is 32.1. The topological polar surface area (TPSA) is 55.6 Å². The van der Waals surface area contributed by atoms with Crippen LogP contribution in [0.3, 0.4) is 0 Å². The quantitative estimate of drug-likeness (QED) is 0.882. The first-order valence-electron chi connectivity index (χ1n) is 6.27. The van der Waals surface area contributed by atoms with Crippen LogP contribution in [0.15, 0.2) is 34.9 Å². The van der Waals surface area contributed by atoms with Crippen LogP contribution in [0.4, 0.5) is 5.88 Å². The van der Waals surface area contributed by atoms with Crippen molar-refractivity contribution in [3.05, 3.63) is 30.3 Å². The molecule has 1 amide bonds. The number of rotatable bonds is 3. The average Bonchev–Trinajstić information content (AvgIpc) is 3.05. The number of nitrogens with zero attached hydrogens (tertiary/aromatic N) is 2. The van der Waals surface area contributed by atoms with Gasteiger partial charge in [-0.05, 0) is 12.1 Å². The van der Waals surface area contributed by atoms with E-state index in [0.717, 1.165) is 11.3 Å². The molecule has 3 rings (SSSR count). The number of benzene rings is 1. The molecule has 6 heteroatoms. The second-order valence-electron chi connectivity index (χ2n) is 4.64. The van der Waals surface area contributed by atoms with Crippen molar-refractivity contribution in [1.82, 2.24) is 5.16 Å². The van der Waals surface area contributed by atoms with Crippen LogP contribution in [0.25, 0.3) is 11.3 Å². The highest BCUT2D eigenvalue weighted by Crippen LogP contribution is 2.29. The van der Waals surface area contributed by atoms with E-state index >= 15 is 0 Å². The normalized spacial score (nSPS) is 18.6. The van der Waals surface area contributed by atoms with Crippen LogP contribution >= 0.6 is 12.6 Å². The summed E-state index contributed by atoms with van der Waals surface area (Å²) in [5.74, 6) is 1.22. The molecule has 0 aliphatic carbocycles. The average molecular weight is 290 g/mol. The van der Waals surface area contributed by atoms with Gasteiger partial charge in [0, 0.05) is 29.8 Å². The van der Waals surface area contributed by atoms with E-state index in [1.807, 2.05) is 24.3 Å². The Balaban J connectivity index is 1.88. The van der Waals surface area contributed by atoms with Crippen molar-refractivity contribution < 1.29 is 14.1 Å². The highest BCUT2D eigenvalue weighted by molar-refractivity contribution is 7.81. The first-order valence-corrected chi connectivity index (χ1v) is 6.78. The second-order valence-corrected chi connectivity index (χ2v) is 5.37. The van der Waals surface area contributed by atoms with Gasteiger partial charge in [0.1, 0.15) is 11.4 Å². The van der Waals surface area contributed by atoms with Crippen LogP contribution in [0.5, 0.6) is 5.75 Å². The van der Waals surface area contributed by atoms with Crippen LogP contribution in [-0.2, 0) is 4.79 Å². The molecule has 20 heavy (non-hydrogen) atoms. The Labute approximate surface area is 121 Å². The Morgan fingerprint density at radius 2 is 2.30 bits per heavy atom. The third-order valence-corrected chi connectivity index (χ3v) is 3.58. The van der Waals surface area contributed by atoms with E-state index in [4.69, 9.17) is 9.26 Å². The maximum absolute atomic E-state index is 11.8. The van der Waals surface area contributed by atoms with Crippen molar-refractivity contribution in [3.63, 3.8) is 0 Å². The summed E-state index contributed by atoms with van der Waals surface area (Å²) < 4.78 is 10.5. The first kappa shape index (κ1) is 13.1. The van der Waals surface area contributed by atoms with Crippen molar-refractivity contribution in [2.75, 3.05) is 18.6 Å². The second kappa shape index (κ2) is 5.20. The van der Waals surface area contributed by atoms with Gasteiger partial charge in [-0.15, -0.1) is 0 Å². The largest absolute Gasteiger partial charge is 0.497 e. The number of aromatic nitrogens is 1. The predicted molar refractivity (Wildman–Crippen MR) is 78.2 cm³/mol. The van der Waals surface area contributed by atoms with E-state index in [2.05, 4.69) is 17.8 Å². The van der Waals surface area contributed by atoms with Gasteiger partial charge in [-0.1, -0.05) is 17.3 Å². The summed E-state index contributed by atoms with van der Waals surface area (Å²) in [6.45, 7) is 0.550. The number of hydrogen-bond acceptors (Lipinski definition) is 5. The summed E-state index contributed by atoms with van der Waals surface area (Å²) in [5, 5.41) is 4.07. The smallest absolute Gasteiger partial charge is 0.234 e. The third kappa shape index (κ3) is 2.38. The zero-order valence-corrected chi connectivity index (χ0v) is 11.8. The minimum absolute atomic E-state index is 0.0124. The summed E-state index contributed by atoms with van der Waals surface area (Å²) in [6.07, 6.45) is 0.429. The maximum atomic E-state index is 11.8. The molecule has 2 aromatic rings. The Morgan fingerprint density at radius 1 is 1.45 bits per heavy atom. The molecule has 0 N–H and O–H groups in total.